The van der Waals surface area contributed by atoms with Gasteiger partial charge in [0.2, 0.25) is 0 Å². The Morgan fingerprint density at radius 1 is 0.462 bits per heavy atom. The molecule has 0 aliphatic rings. The van der Waals surface area contributed by atoms with Crippen molar-refractivity contribution in [2.75, 3.05) is 19.8 Å². The van der Waals surface area contributed by atoms with Gasteiger partial charge in [0.15, 0.2) is 0 Å². The summed E-state index contributed by atoms with van der Waals surface area (Å²) in [5.74, 6) is 0. The number of aryl methyl sites for hydroxylation is 2. The van der Waals surface area contributed by atoms with Gasteiger partial charge in [0.05, 0.1) is 19.8 Å². The highest BCUT2D eigenvalue weighted by atomic mass is 16.3. The van der Waals surface area contributed by atoms with E-state index in [9.17, 15) is 0 Å². The summed E-state index contributed by atoms with van der Waals surface area (Å²) in [6.45, 7) is 22.0. The lowest BCUT2D eigenvalue weighted by atomic mass is 10.0. The highest BCUT2D eigenvalue weighted by molar-refractivity contribution is 5.63. The first-order valence-corrected chi connectivity index (χ1v) is 22.8. The van der Waals surface area contributed by atoms with Crippen LogP contribution in [-0.4, -0.2) is 35.1 Å². The van der Waals surface area contributed by atoms with E-state index in [0.717, 1.165) is 56.9 Å². The molecule has 3 heteroatoms. The van der Waals surface area contributed by atoms with Gasteiger partial charge < -0.3 is 15.3 Å². The Morgan fingerprint density at radius 2 is 0.923 bits per heavy atom. The first kappa shape index (κ1) is 58.9. The molecule has 0 heterocycles. The van der Waals surface area contributed by atoms with Crippen LogP contribution in [0.2, 0.25) is 0 Å². The first-order chi connectivity index (χ1) is 31.6. The minimum atomic E-state index is 0.106. The molecule has 65 heavy (non-hydrogen) atoms. The van der Waals surface area contributed by atoms with Crippen molar-refractivity contribution < 1.29 is 15.3 Å². The van der Waals surface area contributed by atoms with Crippen molar-refractivity contribution in [3.63, 3.8) is 0 Å². The Hall–Kier alpha value is -6.10. The molecular weight excluding hydrogens is 793 g/mol. The van der Waals surface area contributed by atoms with Crippen molar-refractivity contribution in [2.24, 2.45) is 0 Å². The van der Waals surface area contributed by atoms with E-state index in [4.69, 9.17) is 15.3 Å². The summed E-state index contributed by atoms with van der Waals surface area (Å²) in [4.78, 5) is 0. The quantitative estimate of drug-likeness (QED) is 0.0769. The second-order valence-corrected chi connectivity index (χ2v) is 15.4. The van der Waals surface area contributed by atoms with E-state index < -0.39 is 0 Å². The normalized spacial score (nSPS) is 10.5. The van der Waals surface area contributed by atoms with Gasteiger partial charge in [0, 0.05) is 0 Å². The van der Waals surface area contributed by atoms with Crippen LogP contribution in [0.3, 0.4) is 0 Å². The van der Waals surface area contributed by atoms with E-state index in [-0.39, 0.29) is 19.8 Å². The van der Waals surface area contributed by atoms with Gasteiger partial charge in [-0.1, -0.05) is 230 Å². The topological polar surface area (TPSA) is 60.7 Å². The molecule has 0 amide bonds. The summed E-state index contributed by atoms with van der Waals surface area (Å²) in [7, 11) is 0. The van der Waals surface area contributed by atoms with Gasteiger partial charge in [-0.05, 0) is 119 Å². The Morgan fingerprint density at radius 3 is 1.35 bits per heavy atom. The molecule has 0 saturated carbocycles. The van der Waals surface area contributed by atoms with Crippen molar-refractivity contribution in [1.29, 1.82) is 0 Å². The lowest BCUT2D eigenvalue weighted by Crippen LogP contribution is -1.82. The molecule has 0 aliphatic heterocycles. The molecule has 0 radical (unpaired) electrons. The van der Waals surface area contributed by atoms with Crippen LogP contribution >= 0.6 is 0 Å². The van der Waals surface area contributed by atoms with Crippen LogP contribution in [0.1, 0.15) is 101 Å². The third kappa shape index (κ3) is 38.1. The minimum Gasteiger partial charge on any atom is -0.392 e. The fourth-order valence-corrected chi connectivity index (χ4v) is 5.54. The molecule has 3 nitrogen and oxygen atoms in total. The molecule has 3 N–H and O–H groups in total. The fraction of sp³-hybridized carbons (Fsp3) is 0.258. The SMILES string of the molecule is C/C(=C\CO)CC/C=C(\C)c1ccccc1.C=C(C)CCC=C(C)C.C=CCCc1ccccc1.C=Cc1ccccc1.OC/C=C/CCc1ccccc1.OC/C=C/c1ccccc1. The Kier molecular flexibility index (Phi) is 39.1. The second-order valence-electron chi connectivity index (χ2n) is 15.4. The van der Waals surface area contributed by atoms with E-state index >= 15 is 0 Å². The largest absolute Gasteiger partial charge is 0.392 e. The molecule has 5 rings (SSSR count). The maximum absolute atomic E-state index is 8.73. The molecule has 0 fully saturated rings. The van der Waals surface area contributed by atoms with Crippen molar-refractivity contribution >= 4 is 17.7 Å². The maximum atomic E-state index is 8.73. The molecule has 5 aromatic carbocycles. The average molecular weight is 873 g/mol. The molecule has 0 atom stereocenters. The van der Waals surface area contributed by atoms with Gasteiger partial charge in [-0.25, -0.2) is 0 Å². The summed E-state index contributed by atoms with van der Waals surface area (Å²) in [5.41, 5.74) is 11.6. The molecule has 5 aromatic rings. The predicted molar refractivity (Wildman–Crippen MR) is 289 cm³/mol. The summed E-state index contributed by atoms with van der Waals surface area (Å²) in [6.07, 6.45) is 26.1. The number of aliphatic hydroxyl groups is 3. The second kappa shape index (κ2) is 43.2. The first-order valence-electron chi connectivity index (χ1n) is 22.8. The van der Waals surface area contributed by atoms with E-state index in [0.29, 0.717) is 0 Å². The lowest BCUT2D eigenvalue weighted by Gasteiger charge is -2.02. The fourth-order valence-electron chi connectivity index (χ4n) is 5.54. The summed E-state index contributed by atoms with van der Waals surface area (Å²) in [6, 6.07) is 51.1. The standard InChI is InChI=1S/C15H20O.C11H14O.C10H12.C9H10O.C9H16.C8H8/c1-13(11-12-16)7-6-8-14(2)15-9-4-3-5-10-15;12-10-6-2-5-9-11-7-3-1-4-8-11;1-2-3-7-10-8-5-4-6-9-10;10-8-4-7-9-5-2-1-3-6-9;1-8(2)6-5-7-9(3)4;1-2-8-6-4-3-5-7-8/h3-5,8-11,16H,6-7,12H2,1-2H3;1-4,6-8,12H,5,9-10H2;2,4-6,8-9H,1,3,7H2;1-7,10H,8H2;7H,1,5-6H2,2-4H3;2-7H,1H2/b13-11+,14-8+;6-2+;;7-4+;;. The summed E-state index contributed by atoms with van der Waals surface area (Å²) in [5, 5.41) is 25.6. The molecule has 0 aromatic heterocycles. The molecule has 346 valence electrons. The third-order valence-electron chi connectivity index (χ3n) is 9.23. The van der Waals surface area contributed by atoms with Crippen molar-refractivity contribution in [3.05, 3.63) is 258 Å². The van der Waals surface area contributed by atoms with E-state index in [1.165, 1.54) is 44.5 Å². The van der Waals surface area contributed by atoms with Crippen LogP contribution < -0.4 is 0 Å². The van der Waals surface area contributed by atoms with Crippen LogP contribution in [0.15, 0.2) is 231 Å². The Labute approximate surface area is 395 Å². The number of benzene rings is 5. The number of rotatable bonds is 18. The van der Waals surface area contributed by atoms with E-state index in [2.05, 4.69) is 127 Å². The molecule has 0 saturated heterocycles. The summed E-state index contributed by atoms with van der Waals surface area (Å²) < 4.78 is 0. The number of hydrogen-bond acceptors (Lipinski definition) is 3. The summed E-state index contributed by atoms with van der Waals surface area (Å²) >= 11 is 0. The average Bonchev–Trinajstić information content (AvgIpc) is 3.34. The number of aliphatic hydroxyl groups excluding tert-OH is 3. The van der Waals surface area contributed by atoms with Gasteiger partial charge in [0.25, 0.3) is 0 Å². The van der Waals surface area contributed by atoms with Crippen molar-refractivity contribution in [1.82, 2.24) is 0 Å². The van der Waals surface area contributed by atoms with E-state index in [1.54, 1.807) is 12.2 Å². The van der Waals surface area contributed by atoms with Gasteiger partial charge >= 0.3 is 0 Å². The van der Waals surface area contributed by atoms with Crippen molar-refractivity contribution in [2.45, 2.75) is 86.0 Å². The van der Waals surface area contributed by atoms with E-state index in [1.807, 2.05) is 121 Å². The van der Waals surface area contributed by atoms with Gasteiger partial charge in [0.1, 0.15) is 0 Å². The van der Waals surface area contributed by atoms with Gasteiger partial charge in [-0.2, -0.15) is 0 Å². The lowest BCUT2D eigenvalue weighted by molar-refractivity contribution is 0.341. The monoisotopic (exact) mass is 873 g/mol. The van der Waals surface area contributed by atoms with Crippen LogP contribution in [-0.2, 0) is 12.8 Å². The molecule has 0 bridgehead atoms. The smallest absolute Gasteiger partial charge is 0.0615 e. The Bertz CT molecular complexity index is 2020. The number of hydrogen-bond donors (Lipinski definition) is 3. The van der Waals surface area contributed by atoms with Gasteiger partial charge in [-0.15, -0.1) is 13.2 Å². The maximum Gasteiger partial charge on any atom is 0.0615 e. The van der Waals surface area contributed by atoms with Crippen LogP contribution in [0.4, 0.5) is 0 Å². The zero-order chi connectivity index (χ0) is 48.0. The molecule has 0 aliphatic carbocycles. The van der Waals surface area contributed by atoms with Crippen LogP contribution in [0.25, 0.3) is 17.7 Å². The van der Waals surface area contributed by atoms with Crippen LogP contribution in [0.5, 0.6) is 0 Å². The Balaban J connectivity index is 0.000000768. The zero-order valence-electron chi connectivity index (χ0n) is 40.4. The predicted octanol–water partition coefficient (Wildman–Crippen LogP) is 16.1. The molecular formula is C62H80O3. The van der Waals surface area contributed by atoms with Crippen molar-refractivity contribution in [3.8, 4) is 0 Å². The van der Waals surface area contributed by atoms with Gasteiger partial charge in [-0.3, -0.25) is 0 Å². The molecule has 0 spiro atoms. The number of allylic oxidation sites excluding steroid dienone is 8. The third-order valence-corrected chi connectivity index (χ3v) is 9.23. The zero-order valence-corrected chi connectivity index (χ0v) is 40.4. The minimum absolute atomic E-state index is 0.106. The molecule has 0 unspecified atom stereocenters. The highest BCUT2D eigenvalue weighted by Gasteiger charge is 1.94. The van der Waals surface area contributed by atoms with Crippen LogP contribution in [0, 0.1) is 0 Å². The highest BCUT2D eigenvalue weighted by Crippen LogP contribution is 2.15.